The van der Waals surface area contributed by atoms with E-state index in [9.17, 15) is 22.8 Å². The molecule has 3 nitrogen and oxygen atoms in total. The highest BCUT2D eigenvalue weighted by Gasteiger charge is 2.43. The normalized spacial score (nSPS) is 12.1. The van der Waals surface area contributed by atoms with Gasteiger partial charge in [-0.25, -0.2) is 0 Å². The SMILES string of the molecule is O=C(/C(=C\c1ccc(-c2ccc(Cl)cc2Cl)o1)C(=O)C(F)(F)F)c1ccccc1. The first-order chi connectivity index (χ1) is 13.7. The number of Topliss-reactive ketones (excluding diaryl/α,β-unsaturated/α-hetero) is 2. The Morgan fingerprint density at radius 3 is 2.24 bits per heavy atom. The number of alkyl halides is 3. The molecule has 0 spiro atoms. The first kappa shape index (κ1) is 20.9. The number of carbonyl (C=O) groups excluding carboxylic acids is 2. The Balaban J connectivity index is 2.04. The summed E-state index contributed by atoms with van der Waals surface area (Å²) in [5.41, 5.74) is -0.649. The first-order valence-corrected chi connectivity index (χ1v) is 8.90. The summed E-state index contributed by atoms with van der Waals surface area (Å²) in [6.07, 6.45) is -4.44. The molecule has 1 heterocycles. The summed E-state index contributed by atoms with van der Waals surface area (Å²) in [6.45, 7) is 0. The molecule has 3 rings (SSSR count). The molecule has 0 fully saturated rings. The van der Waals surface area contributed by atoms with Crippen LogP contribution in [0, 0.1) is 0 Å². The molecule has 0 saturated carbocycles. The van der Waals surface area contributed by atoms with Gasteiger partial charge in [0.05, 0.1) is 10.6 Å². The number of hydrogen-bond donors (Lipinski definition) is 0. The van der Waals surface area contributed by atoms with E-state index in [1.165, 1.54) is 42.5 Å². The fourth-order valence-corrected chi connectivity index (χ4v) is 3.04. The molecule has 0 saturated heterocycles. The third kappa shape index (κ3) is 4.78. The van der Waals surface area contributed by atoms with Gasteiger partial charge >= 0.3 is 6.18 Å². The van der Waals surface area contributed by atoms with E-state index in [0.717, 1.165) is 6.08 Å². The van der Waals surface area contributed by atoms with Crippen LogP contribution in [0.2, 0.25) is 10.0 Å². The molecule has 0 atom stereocenters. The topological polar surface area (TPSA) is 47.3 Å². The van der Waals surface area contributed by atoms with Gasteiger partial charge in [0.1, 0.15) is 11.5 Å². The summed E-state index contributed by atoms with van der Waals surface area (Å²) in [6, 6.07) is 14.6. The van der Waals surface area contributed by atoms with Gasteiger partial charge in [0, 0.05) is 16.1 Å². The van der Waals surface area contributed by atoms with Crippen molar-refractivity contribution in [2.75, 3.05) is 0 Å². The molecule has 0 radical (unpaired) electrons. The number of ketones is 2. The summed E-state index contributed by atoms with van der Waals surface area (Å²) in [4.78, 5) is 24.4. The molecule has 0 amide bonds. The Kier molecular flexibility index (Phi) is 5.96. The molecule has 1 aromatic heterocycles. The maximum atomic E-state index is 13.0. The number of benzene rings is 2. The van der Waals surface area contributed by atoms with Crippen molar-refractivity contribution < 1.29 is 27.2 Å². The van der Waals surface area contributed by atoms with Gasteiger partial charge in [-0.3, -0.25) is 9.59 Å². The van der Waals surface area contributed by atoms with Gasteiger partial charge < -0.3 is 4.42 Å². The minimum absolute atomic E-state index is 0.0520. The van der Waals surface area contributed by atoms with E-state index >= 15 is 0 Å². The smallest absolute Gasteiger partial charge is 0.455 e. The number of halogens is 5. The fourth-order valence-electron chi connectivity index (χ4n) is 2.54. The summed E-state index contributed by atoms with van der Waals surface area (Å²) < 4.78 is 44.6. The lowest BCUT2D eigenvalue weighted by atomic mass is 9.99. The van der Waals surface area contributed by atoms with Crippen molar-refractivity contribution in [3.8, 4) is 11.3 Å². The zero-order valence-electron chi connectivity index (χ0n) is 14.5. The lowest BCUT2D eigenvalue weighted by molar-refractivity contribution is -0.166. The van der Waals surface area contributed by atoms with Crippen LogP contribution in [0.4, 0.5) is 13.2 Å². The van der Waals surface area contributed by atoms with E-state index in [-0.39, 0.29) is 22.1 Å². The van der Waals surface area contributed by atoms with Gasteiger partial charge in [0.25, 0.3) is 5.78 Å². The van der Waals surface area contributed by atoms with Crippen molar-refractivity contribution in [3.63, 3.8) is 0 Å². The molecule has 3 aromatic rings. The molecule has 0 unspecified atom stereocenters. The third-order valence-electron chi connectivity index (χ3n) is 3.89. The minimum atomic E-state index is -5.22. The summed E-state index contributed by atoms with van der Waals surface area (Å²) in [5.74, 6) is -3.18. The maximum absolute atomic E-state index is 13.0. The predicted molar refractivity (Wildman–Crippen MR) is 104 cm³/mol. The molecule has 0 aliphatic heterocycles. The average Bonchev–Trinajstić information content (AvgIpc) is 3.13. The monoisotopic (exact) mass is 438 g/mol. The highest BCUT2D eigenvalue weighted by molar-refractivity contribution is 6.36. The average molecular weight is 439 g/mol. The molecule has 2 aromatic carbocycles. The highest BCUT2D eigenvalue weighted by atomic mass is 35.5. The molecule has 0 N–H and O–H groups in total. The molecule has 8 heteroatoms. The second kappa shape index (κ2) is 8.27. The molecule has 0 aliphatic rings. The number of rotatable bonds is 5. The fraction of sp³-hybridized carbons (Fsp3) is 0.0476. The quantitative estimate of drug-likeness (QED) is 0.194. The standard InChI is InChI=1S/C21H11Cl2F3O3/c22-13-6-8-15(17(23)10-13)18-9-7-14(29-18)11-16(20(28)21(24,25)26)19(27)12-4-2-1-3-5-12/h1-11H/b16-11+. The van der Waals surface area contributed by atoms with Gasteiger partial charge in [-0.2, -0.15) is 13.2 Å². The van der Waals surface area contributed by atoms with E-state index in [4.69, 9.17) is 27.6 Å². The predicted octanol–water partition coefficient (Wildman–Crippen LogP) is 6.65. The van der Waals surface area contributed by atoms with E-state index < -0.39 is 23.3 Å². The van der Waals surface area contributed by atoms with Crippen LogP contribution in [0.3, 0.4) is 0 Å². The molecule has 0 bridgehead atoms. The number of furan rings is 1. The zero-order valence-corrected chi connectivity index (χ0v) is 16.0. The van der Waals surface area contributed by atoms with Gasteiger partial charge in [-0.15, -0.1) is 0 Å². The van der Waals surface area contributed by atoms with Crippen LogP contribution in [0.5, 0.6) is 0 Å². The lowest BCUT2D eigenvalue weighted by Crippen LogP contribution is -2.28. The highest BCUT2D eigenvalue weighted by Crippen LogP contribution is 2.32. The van der Waals surface area contributed by atoms with Crippen molar-refractivity contribution in [1.29, 1.82) is 0 Å². The molecule has 148 valence electrons. The molecular weight excluding hydrogens is 428 g/mol. The van der Waals surface area contributed by atoms with Gasteiger partial charge in [0.15, 0.2) is 5.78 Å². The van der Waals surface area contributed by atoms with E-state index in [1.807, 2.05) is 0 Å². The van der Waals surface area contributed by atoms with Gasteiger partial charge in [-0.1, -0.05) is 53.5 Å². The second-order valence-corrected chi connectivity index (χ2v) is 6.75. The first-order valence-electron chi connectivity index (χ1n) is 8.15. The Morgan fingerprint density at radius 1 is 0.931 bits per heavy atom. The summed E-state index contributed by atoms with van der Waals surface area (Å²) in [7, 11) is 0. The number of carbonyl (C=O) groups is 2. The number of allylic oxidation sites excluding steroid dienone is 1. The Labute approximate surface area is 173 Å². The minimum Gasteiger partial charge on any atom is -0.457 e. The molecule has 0 aliphatic carbocycles. The van der Waals surface area contributed by atoms with Crippen LogP contribution in [0.25, 0.3) is 17.4 Å². The molecule has 29 heavy (non-hydrogen) atoms. The van der Waals surface area contributed by atoms with Crippen LogP contribution >= 0.6 is 23.2 Å². The summed E-state index contributed by atoms with van der Waals surface area (Å²) in [5, 5.41) is 0.672. The Bertz CT molecular complexity index is 1100. The van der Waals surface area contributed by atoms with Crippen molar-refractivity contribution in [2.24, 2.45) is 0 Å². The lowest BCUT2D eigenvalue weighted by Gasteiger charge is -2.08. The van der Waals surface area contributed by atoms with E-state index in [2.05, 4.69) is 0 Å². The Hall–Kier alpha value is -2.83. The second-order valence-electron chi connectivity index (χ2n) is 5.91. The largest absolute Gasteiger partial charge is 0.457 e. The van der Waals surface area contributed by atoms with Crippen molar-refractivity contribution in [3.05, 3.63) is 87.6 Å². The third-order valence-corrected chi connectivity index (χ3v) is 4.44. The Morgan fingerprint density at radius 2 is 1.62 bits per heavy atom. The summed E-state index contributed by atoms with van der Waals surface area (Å²) >= 11 is 11.9. The van der Waals surface area contributed by atoms with Crippen LogP contribution in [-0.2, 0) is 4.79 Å². The van der Waals surface area contributed by atoms with Crippen molar-refractivity contribution in [2.45, 2.75) is 6.18 Å². The van der Waals surface area contributed by atoms with Gasteiger partial charge in [0.2, 0.25) is 0 Å². The van der Waals surface area contributed by atoms with E-state index in [1.54, 1.807) is 18.2 Å². The van der Waals surface area contributed by atoms with Crippen molar-refractivity contribution >= 4 is 40.8 Å². The van der Waals surface area contributed by atoms with Crippen LogP contribution in [0.1, 0.15) is 16.1 Å². The maximum Gasteiger partial charge on any atom is 0.455 e. The van der Waals surface area contributed by atoms with Crippen LogP contribution in [-0.4, -0.2) is 17.7 Å². The van der Waals surface area contributed by atoms with E-state index in [0.29, 0.717) is 10.6 Å². The zero-order chi connectivity index (χ0) is 21.2. The molecular formula is C21H11Cl2F3O3. The van der Waals surface area contributed by atoms with Crippen LogP contribution in [0.15, 0.2) is 70.7 Å². The van der Waals surface area contributed by atoms with Crippen molar-refractivity contribution in [1.82, 2.24) is 0 Å². The number of hydrogen-bond acceptors (Lipinski definition) is 3. The van der Waals surface area contributed by atoms with Gasteiger partial charge in [-0.05, 0) is 36.4 Å². The van der Waals surface area contributed by atoms with Crippen LogP contribution < -0.4 is 0 Å².